The Labute approximate surface area is 173 Å². The molecule has 2 heterocycles. The van der Waals surface area contributed by atoms with E-state index in [9.17, 15) is 0 Å². The van der Waals surface area contributed by atoms with Gasteiger partial charge in [-0.3, -0.25) is 4.90 Å². The van der Waals surface area contributed by atoms with Gasteiger partial charge in [-0.2, -0.15) is 0 Å². The van der Waals surface area contributed by atoms with Crippen molar-refractivity contribution in [2.75, 3.05) is 27.9 Å². The van der Waals surface area contributed by atoms with E-state index in [0.717, 1.165) is 43.2 Å². The maximum atomic E-state index is 5.65. The lowest BCUT2D eigenvalue weighted by atomic mass is 9.88. The van der Waals surface area contributed by atoms with Crippen molar-refractivity contribution in [3.8, 4) is 17.2 Å². The molecule has 1 aromatic carbocycles. The van der Waals surface area contributed by atoms with E-state index < -0.39 is 0 Å². The summed E-state index contributed by atoms with van der Waals surface area (Å²) in [5, 5.41) is 0. The molecule has 6 heteroatoms. The molecule has 0 radical (unpaired) electrons. The summed E-state index contributed by atoms with van der Waals surface area (Å²) in [6, 6.07) is 3.99. The van der Waals surface area contributed by atoms with Crippen LogP contribution in [0.1, 0.15) is 60.7 Å². The van der Waals surface area contributed by atoms with E-state index in [0.29, 0.717) is 17.4 Å². The number of methoxy groups -OCH3 is 3. The fraction of sp³-hybridized carbons (Fsp3) is 0.565. The average Bonchev–Trinajstić information content (AvgIpc) is 2.78. The summed E-state index contributed by atoms with van der Waals surface area (Å²) in [6.45, 7) is 2.62. The smallest absolute Gasteiger partial charge is 0.203 e. The van der Waals surface area contributed by atoms with Crippen LogP contribution in [0.2, 0.25) is 0 Å². The summed E-state index contributed by atoms with van der Waals surface area (Å²) in [6.07, 6.45) is 9.49. The average molecular weight is 398 g/mol. The molecule has 0 spiro atoms. The highest BCUT2D eigenvalue weighted by molar-refractivity contribution is 5.55. The zero-order valence-corrected chi connectivity index (χ0v) is 17.7. The normalized spacial score (nSPS) is 17.6. The molecule has 6 nitrogen and oxygen atoms in total. The van der Waals surface area contributed by atoms with Gasteiger partial charge in [-0.05, 0) is 18.9 Å². The lowest BCUT2D eigenvalue weighted by Gasteiger charge is -2.29. The second-order valence-electron chi connectivity index (χ2n) is 7.99. The van der Waals surface area contributed by atoms with E-state index in [4.69, 9.17) is 24.2 Å². The molecule has 29 heavy (non-hydrogen) atoms. The van der Waals surface area contributed by atoms with E-state index >= 15 is 0 Å². The van der Waals surface area contributed by atoms with Crippen molar-refractivity contribution in [1.29, 1.82) is 0 Å². The van der Waals surface area contributed by atoms with Crippen LogP contribution < -0.4 is 14.2 Å². The number of ether oxygens (including phenoxy) is 3. The minimum absolute atomic E-state index is 0.558. The molecule has 1 aliphatic heterocycles. The predicted octanol–water partition coefficient (Wildman–Crippen LogP) is 4.11. The van der Waals surface area contributed by atoms with Crippen LogP contribution in [0, 0.1) is 0 Å². The standard InChI is InChI=1S/C23H31N3O3/c1-27-20-10-9-17(21(28-2)22(20)29-3)14-26-12-11-19-18(15-26)13-24-23(25-19)16-7-5-4-6-8-16/h9-10,13,16H,4-8,11-12,14-15H2,1-3H3. The van der Waals surface area contributed by atoms with Crippen molar-refractivity contribution in [3.63, 3.8) is 0 Å². The molecule has 0 bridgehead atoms. The van der Waals surface area contributed by atoms with Crippen LogP contribution in [-0.2, 0) is 19.5 Å². The van der Waals surface area contributed by atoms with E-state index in [1.165, 1.54) is 43.4 Å². The van der Waals surface area contributed by atoms with Crippen LogP contribution in [0.3, 0.4) is 0 Å². The summed E-state index contributed by atoms with van der Waals surface area (Å²) in [5.74, 6) is 3.69. The molecule has 1 aromatic heterocycles. The molecule has 1 fully saturated rings. The molecule has 1 saturated carbocycles. The van der Waals surface area contributed by atoms with Gasteiger partial charge in [0.2, 0.25) is 5.75 Å². The number of fused-ring (bicyclic) bond motifs is 1. The lowest BCUT2D eigenvalue weighted by molar-refractivity contribution is 0.236. The second-order valence-corrected chi connectivity index (χ2v) is 7.99. The Balaban J connectivity index is 1.49. The Morgan fingerprint density at radius 1 is 1.00 bits per heavy atom. The highest BCUT2D eigenvalue weighted by atomic mass is 16.5. The first kappa shape index (κ1) is 20.0. The van der Waals surface area contributed by atoms with Crippen LogP contribution in [-0.4, -0.2) is 42.7 Å². The van der Waals surface area contributed by atoms with Crippen LogP contribution in [0.5, 0.6) is 17.2 Å². The number of hydrogen-bond acceptors (Lipinski definition) is 6. The summed E-state index contributed by atoms with van der Waals surface area (Å²) >= 11 is 0. The van der Waals surface area contributed by atoms with Crippen molar-refractivity contribution in [1.82, 2.24) is 14.9 Å². The van der Waals surface area contributed by atoms with E-state index in [1.54, 1.807) is 21.3 Å². The molecule has 0 N–H and O–H groups in total. The van der Waals surface area contributed by atoms with Gasteiger partial charge in [0, 0.05) is 55.0 Å². The Kier molecular flexibility index (Phi) is 6.19. The number of hydrogen-bond donors (Lipinski definition) is 0. The highest BCUT2D eigenvalue weighted by Crippen LogP contribution is 2.40. The zero-order valence-electron chi connectivity index (χ0n) is 17.7. The van der Waals surface area contributed by atoms with Gasteiger partial charge in [-0.1, -0.05) is 25.3 Å². The highest BCUT2D eigenvalue weighted by Gasteiger charge is 2.24. The fourth-order valence-corrected chi connectivity index (χ4v) is 4.61. The molecule has 0 atom stereocenters. The van der Waals surface area contributed by atoms with Crippen molar-refractivity contribution >= 4 is 0 Å². The minimum Gasteiger partial charge on any atom is -0.493 e. The van der Waals surface area contributed by atoms with Gasteiger partial charge in [-0.15, -0.1) is 0 Å². The molecule has 156 valence electrons. The summed E-state index contributed by atoms with van der Waals surface area (Å²) in [4.78, 5) is 12.1. The minimum atomic E-state index is 0.558. The molecule has 1 aliphatic carbocycles. The first-order chi connectivity index (χ1) is 14.2. The molecule has 0 saturated heterocycles. The quantitative estimate of drug-likeness (QED) is 0.731. The Morgan fingerprint density at radius 3 is 2.52 bits per heavy atom. The molecule has 2 aliphatic rings. The molecule has 4 rings (SSSR count). The van der Waals surface area contributed by atoms with E-state index in [1.807, 2.05) is 6.07 Å². The lowest BCUT2D eigenvalue weighted by Crippen LogP contribution is -2.31. The molecule has 2 aromatic rings. The maximum absolute atomic E-state index is 5.65. The van der Waals surface area contributed by atoms with Crippen molar-refractivity contribution in [2.45, 2.75) is 57.5 Å². The Morgan fingerprint density at radius 2 is 1.79 bits per heavy atom. The topological polar surface area (TPSA) is 56.7 Å². The molecular weight excluding hydrogens is 366 g/mol. The van der Waals surface area contributed by atoms with Crippen molar-refractivity contribution in [3.05, 3.63) is 41.0 Å². The van der Waals surface area contributed by atoms with Crippen LogP contribution in [0.4, 0.5) is 0 Å². The third-order valence-electron chi connectivity index (χ3n) is 6.18. The first-order valence-electron chi connectivity index (χ1n) is 10.6. The van der Waals surface area contributed by atoms with Crippen molar-refractivity contribution < 1.29 is 14.2 Å². The van der Waals surface area contributed by atoms with Gasteiger partial charge in [-0.25, -0.2) is 9.97 Å². The monoisotopic (exact) mass is 397 g/mol. The molecule has 0 unspecified atom stereocenters. The van der Waals surface area contributed by atoms with Gasteiger partial charge in [0.25, 0.3) is 0 Å². The largest absolute Gasteiger partial charge is 0.493 e. The number of rotatable bonds is 6. The maximum Gasteiger partial charge on any atom is 0.203 e. The van der Waals surface area contributed by atoms with E-state index in [-0.39, 0.29) is 0 Å². The number of nitrogens with zero attached hydrogens (tertiary/aromatic N) is 3. The summed E-state index contributed by atoms with van der Waals surface area (Å²) in [5.41, 5.74) is 3.57. The number of aromatic nitrogens is 2. The van der Waals surface area contributed by atoms with E-state index in [2.05, 4.69) is 17.2 Å². The summed E-state index contributed by atoms with van der Waals surface area (Å²) < 4.78 is 16.6. The fourth-order valence-electron chi connectivity index (χ4n) is 4.61. The van der Waals surface area contributed by atoms with Gasteiger partial charge in [0.1, 0.15) is 5.82 Å². The third kappa shape index (κ3) is 4.17. The zero-order chi connectivity index (χ0) is 20.2. The summed E-state index contributed by atoms with van der Waals surface area (Å²) in [7, 11) is 4.95. The van der Waals surface area contributed by atoms with Crippen LogP contribution in [0.25, 0.3) is 0 Å². The van der Waals surface area contributed by atoms with Gasteiger partial charge < -0.3 is 14.2 Å². The Bertz CT molecular complexity index is 850. The number of benzene rings is 1. The molecular formula is C23H31N3O3. The van der Waals surface area contributed by atoms with Gasteiger partial charge in [0.05, 0.1) is 21.3 Å². The SMILES string of the molecule is COc1ccc(CN2CCc3nc(C4CCCCC4)ncc3C2)c(OC)c1OC. The predicted molar refractivity (Wildman–Crippen MR) is 112 cm³/mol. The van der Waals surface area contributed by atoms with Gasteiger partial charge in [0.15, 0.2) is 11.5 Å². The van der Waals surface area contributed by atoms with Crippen LogP contribution in [0.15, 0.2) is 18.3 Å². The van der Waals surface area contributed by atoms with Gasteiger partial charge >= 0.3 is 0 Å². The second kappa shape index (κ2) is 8.99. The van der Waals surface area contributed by atoms with Crippen LogP contribution >= 0.6 is 0 Å². The Hall–Kier alpha value is -2.34. The first-order valence-corrected chi connectivity index (χ1v) is 10.6. The third-order valence-corrected chi connectivity index (χ3v) is 6.18. The molecule has 0 amide bonds. The van der Waals surface area contributed by atoms with Crippen molar-refractivity contribution in [2.24, 2.45) is 0 Å².